The summed E-state index contributed by atoms with van der Waals surface area (Å²) in [7, 11) is -3.59. The van der Waals surface area contributed by atoms with Crippen LogP contribution in [0.3, 0.4) is 0 Å². The first-order valence-electron chi connectivity index (χ1n) is 6.56. The number of benzene rings is 1. The Morgan fingerprint density at radius 2 is 1.86 bits per heavy atom. The highest BCUT2D eigenvalue weighted by Gasteiger charge is 2.30. The molecule has 0 aliphatic heterocycles. The third-order valence-electron chi connectivity index (χ3n) is 3.72. The van der Waals surface area contributed by atoms with Crippen molar-refractivity contribution in [2.24, 2.45) is 17.4 Å². The Morgan fingerprint density at radius 3 is 2.38 bits per heavy atom. The van der Waals surface area contributed by atoms with Gasteiger partial charge in [-0.25, -0.2) is 13.1 Å². The lowest BCUT2D eigenvalue weighted by Crippen LogP contribution is -2.39. The monoisotopic (exact) mass is 333 g/mol. The number of primary amides is 1. The summed E-state index contributed by atoms with van der Waals surface area (Å²) in [6, 6.07) is 5.47. The van der Waals surface area contributed by atoms with Crippen molar-refractivity contribution in [1.82, 2.24) is 4.72 Å². The first kappa shape index (κ1) is 17.9. The number of amides is 1. The molecule has 2 rings (SSSR count). The summed E-state index contributed by atoms with van der Waals surface area (Å²) in [5, 5.41) is 0. The van der Waals surface area contributed by atoms with Crippen LogP contribution in [0.5, 0.6) is 0 Å². The van der Waals surface area contributed by atoms with Crippen LogP contribution in [-0.2, 0) is 10.0 Å². The van der Waals surface area contributed by atoms with Gasteiger partial charge in [-0.2, -0.15) is 0 Å². The minimum Gasteiger partial charge on any atom is -0.366 e. The van der Waals surface area contributed by atoms with E-state index in [4.69, 9.17) is 11.5 Å². The van der Waals surface area contributed by atoms with Crippen molar-refractivity contribution in [2.75, 3.05) is 6.54 Å². The average molecular weight is 334 g/mol. The molecule has 1 fully saturated rings. The minimum atomic E-state index is -3.59. The Hall–Kier alpha value is -1.15. The van der Waals surface area contributed by atoms with Crippen molar-refractivity contribution in [2.45, 2.75) is 30.2 Å². The number of sulfonamides is 1. The molecular weight excluding hydrogens is 314 g/mol. The van der Waals surface area contributed by atoms with Gasteiger partial charge in [0.15, 0.2) is 0 Å². The summed E-state index contributed by atoms with van der Waals surface area (Å²) < 4.78 is 27.2. The smallest absolute Gasteiger partial charge is 0.248 e. The van der Waals surface area contributed by atoms with Gasteiger partial charge in [0, 0.05) is 11.6 Å². The number of carbonyl (C=O) groups excluding carboxylic acids is 1. The van der Waals surface area contributed by atoms with Crippen LogP contribution in [0, 0.1) is 5.92 Å². The van der Waals surface area contributed by atoms with E-state index < -0.39 is 15.9 Å². The van der Waals surface area contributed by atoms with Crippen molar-refractivity contribution in [1.29, 1.82) is 0 Å². The van der Waals surface area contributed by atoms with Crippen LogP contribution in [-0.4, -0.2) is 26.9 Å². The Morgan fingerprint density at radius 1 is 1.24 bits per heavy atom. The van der Waals surface area contributed by atoms with Gasteiger partial charge in [-0.3, -0.25) is 4.79 Å². The molecule has 2 atom stereocenters. The molecule has 1 amide bonds. The molecule has 1 aliphatic rings. The summed E-state index contributed by atoms with van der Waals surface area (Å²) in [5.74, 6) is -0.393. The van der Waals surface area contributed by atoms with Crippen LogP contribution >= 0.6 is 12.4 Å². The zero-order chi connectivity index (χ0) is 14.8. The van der Waals surface area contributed by atoms with Gasteiger partial charge in [-0.15, -0.1) is 12.4 Å². The predicted molar refractivity (Wildman–Crippen MR) is 82.7 cm³/mol. The van der Waals surface area contributed by atoms with E-state index in [1.165, 1.54) is 24.3 Å². The summed E-state index contributed by atoms with van der Waals surface area (Å²) in [5.41, 5.74) is 11.1. The van der Waals surface area contributed by atoms with E-state index >= 15 is 0 Å². The van der Waals surface area contributed by atoms with Crippen LogP contribution < -0.4 is 16.2 Å². The molecule has 1 saturated carbocycles. The molecule has 1 aromatic rings. The highest BCUT2D eigenvalue weighted by molar-refractivity contribution is 7.89. The van der Waals surface area contributed by atoms with Crippen LogP contribution in [0.15, 0.2) is 29.2 Å². The number of nitrogens with two attached hydrogens (primary N) is 2. The van der Waals surface area contributed by atoms with E-state index in [0.717, 1.165) is 19.3 Å². The minimum absolute atomic E-state index is 0. The molecule has 0 aromatic heterocycles. The van der Waals surface area contributed by atoms with E-state index in [2.05, 4.69) is 4.72 Å². The average Bonchev–Trinajstić information content (AvgIpc) is 2.85. The molecule has 0 heterocycles. The lowest BCUT2D eigenvalue weighted by Gasteiger charge is -2.19. The van der Waals surface area contributed by atoms with Crippen LogP contribution in [0.2, 0.25) is 0 Å². The number of nitrogens with one attached hydrogen (secondary N) is 1. The van der Waals surface area contributed by atoms with E-state index in [9.17, 15) is 13.2 Å². The second-order valence-corrected chi connectivity index (χ2v) is 6.76. The third kappa shape index (κ3) is 4.16. The fourth-order valence-corrected chi connectivity index (χ4v) is 3.88. The molecule has 6 nitrogen and oxygen atoms in total. The Labute approximate surface area is 130 Å². The number of carbonyl (C=O) groups is 1. The van der Waals surface area contributed by atoms with E-state index in [-0.39, 0.29) is 34.8 Å². The molecule has 0 bridgehead atoms. The topological polar surface area (TPSA) is 115 Å². The molecule has 118 valence electrons. The maximum absolute atomic E-state index is 12.3. The van der Waals surface area contributed by atoms with Gasteiger partial charge in [0.2, 0.25) is 15.9 Å². The molecule has 2 unspecified atom stereocenters. The number of hydrogen-bond acceptors (Lipinski definition) is 4. The summed E-state index contributed by atoms with van der Waals surface area (Å²) in [4.78, 5) is 11.1. The molecule has 5 N–H and O–H groups in total. The van der Waals surface area contributed by atoms with E-state index in [1.54, 1.807) is 0 Å². The van der Waals surface area contributed by atoms with Crippen LogP contribution in [0.4, 0.5) is 0 Å². The van der Waals surface area contributed by atoms with Gasteiger partial charge in [-0.05, 0) is 49.6 Å². The normalized spacial score (nSPS) is 21.8. The maximum Gasteiger partial charge on any atom is 0.248 e. The van der Waals surface area contributed by atoms with Crippen LogP contribution in [0.25, 0.3) is 0 Å². The lowest BCUT2D eigenvalue weighted by molar-refractivity contribution is 0.1000. The first-order valence-corrected chi connectivity index (χ1v) is 8.04. The molecule has 0 saturated heterocycles. The molecule has 0 radical (unpaired) electrons. The van der Waals surface area contributed by atoms with Crippen molar-refractivity contribution >= 4 is 28.3 Å². The number of rotatable bonds is 5. The standard InChI is InChI=1S/C13H19N3O3S.ClH/c14-8-10-2-1-3-12(10)16-20(18,19)11-6-4-9(5-7-11)13(15)17;/h4-7,10,12,16H,1-3,8,14H2,(H2,15,17);1H. The Bertz CT molecular complexity index is 589. The van der Waals surface area contributed by atoms with E-state index in [0.29, 0.717) is 6.54 Å². The zero-order valence-electron chi connectivity index (χ0n) is 11.5. The lowest BCUT2D eigenvalue weighted by atomic mass is 10.1. The van der Waals surface area contributed by atoms with Crippen molar-refractivity contribution in [3.63, 3.8) is 0 Å². The number of halogens is 1. The molecular formula is C13H20ClN3O3S. The zero-order valence-corrected chi connectivity index (χ0v) is 13.1. The van der Waals surface area contributed by atoms with E-state index in [1.807, 2.05) is 0 Å². The highest BCUT2D eigenvalue weighted by atomic mass is 35.5. The molecule has 8 heteroatoms. The van der Waals surface area contributed by atoms with Crippen molar-refractivity contribution in [3.05, 3.63) is 29.8 Å². The van der Waals surface area contributed by atoms with Crippen molar-refractivity contribution < 1.29 is 13.2 Å². The molecule has 0 spiro atoms. The van der Waals surface area contributed by atoms with Gasteiger partial charge < -0.3 is 11.5 Å². The SMILES string of the molecule is Cl.NCC1CCCC1NS(=O)(=O)c1ccc(C(N)=O)cc1. The highest BCUT2D eigenvalue weighted by Crippen LogP contribution is 2.26. The van der Waals surface area contributed by atoms with Gasteiger partial charge in [0.05, 0.1) is 4.90 Å². The first-order chi connectivity index (χ1) is 9.44. The summed E-state index contributed by atoms with van der Waals surface area (Å²) in [6.07, 6.45) is 2.74. The number of hydrogen-bond donors (Lipinski definition) is 3. The molecule has 1 aromatic carbocycles. The predicted octanol–water partition coefficient (Wildman–Crippen LogP) is 0.613. The second-order valence-electron chi connectivity index (χ2n) is 5.04. The second kappa shape index (κ2) is 7.22. The maximum atomic E-state index is 12.3. The van der Waals surface area contributed by atoms with Gasteiger partial charge in [0.25, 0.3) is 0 Å². The van der Waals surface area contributed by atoms with Gasteiger partial charge in [0.1, 0.15) is 0 Å². The summed E-state index contributed by atoms with van der Waals surface area (Å²) in [6.45, 7) is 0.480. The third-order valence-corrected chi connectivity index (χ3v) is 5.22. The largest absolute Gasteiger partial charge is 0.366 e. The van der Waals surface area contributed by atoms with Crippen molar-refractivity contribution in [3.8, 4) is 0 Å². The van der Waals surface area contributed by atoms with Gasteiger partial charge >= 0.3 is 0 Å². The fraction of sp³-hybridized carbons (Fsp3) is 0.462. The molecule has 1 aliphatic carbocycles. The Balaban J connectivity index is 0.00000220. The Kier molecular flexibility index (Phi) is 6.15. The molecule has 21 heavy (non-hydrogen) atoms. The fourth-order valence-electron chi connectivity index (χ4n) is 2.54. The van der Waals surface area contributed by atoms with Gasteiger partial charge in [-0.1, -0.05) is 6.42 Å². The summed E-state index contributed by atoms with van der Waals surface area (Å²) >= 11 is 0. The van der Waals surface area contributed by atoms with Crippen LogP contribution in [0.1, 0.15) is 29.6 Å². The quantitative estimate of drug-likeness (QED) is 0.732.